The van der Waals surface area contributed by atoms with E-state index in [0.29, 0.717) is 0 Å². The molecule has 0 saturated heterocycles. The lowest BCUT2D eigenvalue weighted by molar-refractivity contribution is -0.119. The Morgan fingerprint density at radius 2 is 2.14 bits per heavy atom. The molecule has 1 unspecified atom stereocenters. The zero-order valence-corrected chi connectivity index (χ0v) is 8.01. The molecule has 0 aromatic heterocycles. The standard InChI is InChI=1S/C11H12FNO/c1-7(14)13-11-5-8-2-3-10(12)4-9(8)6-11/h2-4,11H,5-6H2,1H3,(H,13,14). The van der Waals surface area contributed by atoms with E-state index in [4.69, 9.17) is 0 Å². The van der Waals surface area contributed by atoms with Crippen LogP contribution < -0.4 is 5.32 Å². The molecular weight excluding hydrogens is 181 g/mol. The number of hydrogen-bond donors (Lipinski definition) is 1. The SMILES string of the molecule is CC(=O)NC1Cc2ccc(F)cc2C1. The van der Waals surface area contributed by atoms with Crippen LogP contribution in [0.4, 0.5) is 4.39 Å². The smallest absolute Gasteiger partial charge is 0.217 e. The third-order valence-electron chi connectivity index (χ3n) is 2.51. The van der Waals surface area contributed by atoms with Crippen LogP contribution in [-0.4, -0.2) is 11.9 Å². The van der Waals surface area contributed by atoms with Crippen molar-refractivity contribution in [3.05, 3.63) is 35.1 Å². The van der Waals surface area contributed by atoms with Crippen LogP contribution in [0.15, 0.2) is 18.2 Å². The van der Waals surface area contributed by atoms with Crippen LogP contribution in [0, 0.1) is 5.82 Å². The van der Waals surface area contributed by atoms with Gasteiger partial charge in [0.1, 0.15) is 5.82 Å². The van der Waals surface area contributed by atoms with Gasteiger partial charge < -0.3 is 5.32 Å². The highest BCUT2D eigenvalue weighted by Gasteiger charge is 2.21. The number of halogens is 1. The van der Waals surface area contributed by atoms with Gasteiger partial charge in [-0.15, -0.1) is 0 Å². The van der Waals surface area contributed by atoms with Gasteiger partial charge in [-0.05, 0) is 36.1 Å². The first-order valence-electron chi connectivity index (χ1n) is 4.69. The van der Waals surface area contributed by atoms with Crippen molar-refractivity contribution in [2.24, 2.45) is 0 Å². The zero-order valence-electron chi connectivity index (χ0n) is 8.01. The van der Waals surface area contributed by atoms with E-state index >= 15 is 0 Å². The monoisotopic (exact) mass is 193 g/mol. The fourth-order valence-corrected chi connectivity index (χ4v) is 1.98. The summed E-state index contributed by atoms with van der Waals surface area (Å²) in [6.45, 7) is 1.50. The molecule has 1 aliphatic carbocycles. The molecule has 0 bridgehead atoms. The molecular formula is C11H12FNO. The van der Waals surface area contributed by atoms with Gasteiger partial charge in [0.25, 0.3) is 0 Å². The predicted octanol–water partition coefficient (Wildman–Crippen LogP) is 1.43. The van der Waals surface area contributed by atoms with Crippen molar-refractivity contribution in [3.8, 4) is 0 Å². The lowest BCUT2D eigenvalue weighted by Gasteiger charge is -2.08. The maximum atomic E-state index is 12.9. The molecule has 1 amide bonds. The zero-order chi connectivity index (χ0) is 10.1. The lowest BCUT2D eigenvalue weighted by atomic mass is 10.1. The van der Waals surface area contributed by atoms with Gasteiger partial charge in [-0.1, -0.05) is 6.07 Å². The third kappa shape index (κ3) is 1.76. The number of fused-ring (bicyclic) bond motifs is 1. The molecule has 2 nitrogen and oxygen atoms in total. The van der Waals surface area contributed by atoms with E-state index in [9.17, 15) is 9.18 Å². The Kier molecular flexibility index (Phi) is 2.23. The Morgan fingerprint density at radius 3 is 2.86 bits per heavy atom. The van der Waals surface area contributed by atoms with Gasteiger partial charge in [0.05, 0.1) is 0 Å². The van der Waals surface area contributed by atoms with E-state index in [0.717, 1.165) is 24.0 Å². The summed E-state index contributed by atoms with van der Waals surface area (Å²) >= 11 is 0. The summed E-state index contributed by atoms with van der Waals surface area (Å²) < 4.78 is 12.9. The maximum Gasteiger partial charge on any atom is 0.217 e. The molecule has 0 aliphatic heterocycles. The van der Waals surface area contributed by atoms with Crippen molar-refractivity contribution in [1.82, 2.24) is 5.32 Å². The number of carbonyl (C=O) groups is 1. The van der Waals surface area contributed by atoms with Crippen molar-refractivity contribution in [1.29, 1.82) is 0 Å². The van der Waals surface area contributed by atoms with Crippen LogP contribution in [-0.2, 0) is 17.6 Å². The highest BCUT2D eigenvalue weighted by molar-refractivity contribution is 5.73. The van der Waals surface area contributed by atoms with Crippen LogP contribution in [0.25, 0.3) is 0 Å². The van der Waals surface area contributed by atoms with Gasteiger partial charge in [-0.25, -0.2) is 4.39 Å². The van der Waals surface area contributed by atoms with Gasteiger partial charge in [-0.2, -0.15) is 0 Å². The fourth-order valence-electron chi connectivity index (χ4n) is 1.98. The molecule has 0 saturated carbocycles. The third-order valence-corrected chi connectivity index (χ3v) is 2.51. The van der Waals surface area contributed by atoms with Gasteiger partial charge in [0.15, 0.2) is 0 Å². The second-order valence-electron chi connectivity index (χ2n) is 3.72. The van der Waals surface area contributed by atoms with Crippen molar-refractivity contribution in [2.45, 2.75) is 25.8 Å². The molecule has 0 heterocycles. The molecule has 2 rings (SSSR count). The Hall–Kier alpha value is -1.38. The van der Waals surface area contributed by atoms with Crippen molar-refractivity contribution in [3.63, 3.8) is 0 Å². The summed E-state index contributed by atoms with van der Waals surface area (Å²) in [6, 6.07) is 4.96. The Labute approximate surface area is 82.1 Å². The van der Waals surface area contributed by atoms with Gasteiger partial charge in [0.2, 0.25) is 5.91 Å². The van der Waals surface area contributed by atoms with Crippen LogP contribution in [0.3, 0.4) is 0 Å². The van der Waals surface area contributed by atoms with Gasteiger partial charge >= 0.3 is 0 Å². The van der Waals surface area contributed by atoms with E-state index in [1.165, 1.54) is 13.0 Å². The Balaban J connectivity index is 2.14. The van der Waals surface area contributed by atoms with Crippen LogP contribution in [0.2, 0.25) is 0 Å². The molecule has 1 N–H and O–H groups in total. The lowest BCUT2D eigenvalue weighted by Crippen LogP contribution is -2.33. The molecule has 0 spiro atoms. The van der Waals surface area contributed by atoms with Crippen LogP contribution in [0.1, 0.15) is 18.1 Å². The molecule has 1 aromatic rings. The minimum absolute atomic E-state index is 0.0247. The summed E-state index contributed by atoms with van der Waals surface area (Å²) in [6.07, 6.45) is 1.56. The molecule has 1 atom stereocenters. The predicted molar refractivity (Wildman–Crippen MR) is 51.4 cm³/mol. The van der Waals surface area contributed by atoms with E-state index in [-0.39, 0.29) is 17.8 Å². The van der Waals surface area contributed by atoms with E-state index in [1.54, 1.807) is 12.1 Å². The Morgan fingerprint density at radius 1 is 1.43 bits per heavy atom. The Bertz CT molecular complexity index is 376. The topological polar surface area (TPSA) is 29.1 Å². The quantitative estimate of drug-likeness (QED) is 0.718. The first-order valence-corrected chi connectivity index (χ1v) is 4.69. The van der Waals surface area contributed by atoms with Gasteiger partial charge in [-0.3, -0.25) is 4.79 Å². The van der Waals surface area contributed by atoms with Crippen LogP contribution in [0.5, 0.6) is 0 Å². The summed E-state index contributed by atoms with van der Waals surface area (Å²) in [4.78, 5) is 10.8. The second-order valence-corrected chi connectivity index (χ2v) is 3.72. The first kappa shape index (κ1) is 9.19. The second kappa shape index (κ2) is 3.40. The number of amides is 1. The molecule has 1 aromatic carbocycles. The highest BCUT2D eigenvalue weighted by atomic mass is 19.1. The van der Waals surface area contributed by atoms with Crippen molar-refractivity contribution < 1.29 is 9.18 Å². The normalized spacial score (nSPS) is 19.1. The van der Waals surface area contributed by atoms with Crippen molar-refractivity contribution >= 4 is 5.91 Å². The molecule has 0 radical (unpaired) electrons. The maximum absolute atomic E-state index is 12.9. The number of rotatable bonds is 1. The number of nitrogens with one attached hydrogen (secondary N) is 1. The average Bonchev–Trinajstić information content (AvgIpc) is 2.44. The highest BCUT2D eigenvalue weighted by Crippen LogP contribution is 2.22. The number of hydrogen-bond acceptors (Lipinski definition) is 1. The minimum Gasteiger partial charge on any atom is -0.353 e. The van der Waals surface area contributed by atoms with E-state index in [1.807, 2.05) is 0 Å². The summed E-state index contributed by atoms with van der Waals surface area (Å²) in [7, 11) is 0. The fraction of sp³-hybridized carbons (Fsp3) is 0.364. The molecule has 74 valence electrons. The van der Waals surface area contributed by atoms with E-state index < -0.39 is 0 Å². The average molecular weight is 193 g/mol. The minimum atomic E-state index is -0.202. The summed E-state index contributed by atoms with van der Waals surface area (Å²) in [5.41, 5.74) is 2.16. The molecule has 3 heteroatoms. The summed E-state index contributed by atoms with van der Waals surface area (Å²) in [5, 5.41) is 2.85. The van der Waals surface area contributed by atoms with E-state index in [2.05, 4.69) is 5.32 Å². The number of benzene rings is 1. The number of carbonyl (C=O) groups excluding carboxylic acids is 1. The first-order chi connectivity index (χ1) is 6.65. The molecule has 1 aliphatic rings. The van der Waals surface area contributed by atoms with Crippen molar-refractivity contribution in [2.75, 3.05) is 0 Å². The molecule has 14 heavy (non-hydrogen) atoms. The molecule has 0 fully saturated rings. The van der Waals surface area contributed by atoms with Crippen LogP contribution >= 0.6 is 0 Å². The largest absolute Gasteiger partial charge is 0.353 e. The summed E-state index contributed by atoms with van der Waals surface area (Å²) in [5.74, 6) is -0.226. The van der Waals surface area contributed by atoms with Gasteiger partial charge in [0, 0.05) is 13.0 Å².